The normalized spacial score (nSPS) is 10.9. The van der Waals surface area contributed by atoms with Gasteiger partial charge in [0.05, 0.1) is 5.75 Å². The van der Waals surface area contributed by atoms with Crippen LogP contribution in [0.15, 0.2) is 58.8 Å². The molecule has 1 nitrogen and oxygen atoms in total. The quantitative estimate of drug-likeness (QED) is 0.609. The Balaban J connectivity index is 1.66. The lowest BCUT2D eigenvalue weighted by atomic mass is 10.1. The summed E-state index contributed by atoms with van der Waals surface area (Å²) in [6.07, 6.45) is 0.531. The molecule has 0 aliphatic carbocycles. The number of aryl methyl sites for hydroxylation is 1. The minimum absolute atomic E-state index is 0.284. The number of thioether (sulfide) groups is 1. The van der Waals surface area contributed by atoms with Crippen LogP contribution >= 0.6 is 23.1 Å². The summed E-state index contributed by atoms with van der Waals surface area (Å²) >= 11 is 3.35. The monoisotopic (exact) mass is 312 g/mol. The fourth-order valence-electron chi connectivity index (χ4n) is 2.31. The molecule has 0 fully saturated rings. The molecule has 0 amide bonds. The average Bonchev–Trinajstić information content (AvgIpc) is 2.90. The first-order valence-electron chi connectivity index (χ1n) is 6.89. The maximum absolute atomic E-state index is 12.2. The Labute approximate surface area is 133 Å². The van der Waals surface area contributed by atoms with Crippen LogP contribution in [0.5, 0.6) is 0 Å². The van der Waals surface area contributed by atoms with E-state index in [1.165, 1.54) is 20.5 Å². The first-order chi connectivity index (χ1) is 10.2. The van der Waals surface area contributed by atoms with Crippen molar-refractivity contribution in [1.82, 2.24) is 0 Å². The molecule has 0 unspecified atom stereocenters. The highest BCUT2D eigenvalue weighted by Gasteiger charge is 2.10. The second-order valence-corrected chi connectivity index (χ2v) is 6.96. The van der Waals surface area contributed by atoms with Crippen LogP contribution in [-0.4, -0.2) is 11.5 Å². The maximum atomic E-state index is 12.2. The van der Waals surface area contributed by atoms with Gasteiger partial charge in [0.1, 0.15) is 5.78 Å². The van der Waals surface area contributed by atoms with Crippen molar-refractivity contribution in [2.45, 2.75) is 18.2 Å². The molecule has 0 N–H and O–H groups in total. The second kappa shape index (κ2) is 6.46. The molecule has 1 aromatic heterocycles. The fourth-order valence-corrected chi connectivity index (χ4v) is 4.16. The topological polar surface area (TPSA) is 17.1 Å². The number of ketones is 1. The Kier molecular flexibility index (Phi) is 4.42. The minimum Gasteiger partial charge on any atom is -0.298 e. The van der Waals surface area contributed by atoms with Crippen LogP contribution in [0, 0.1) is 6.92 Å². The third-order valence-electron chi connectivity index (χ3n) is 3.43. The van der Waals surface area contributed by atoms with Gasteiger partial charge in [0, 0.05) is 16.0 Å². The van der Waals surface area contributed by atoms with E-state index < -0.39 is 0 Å². The smallest absolute Gasteiger partial charge is 0.147 e. The van der Waals surface area contributed by atoms with E-state index >= 15 is 0 Å². The van der Waals surface area contributed by atoms with Gasteiger partial charge in [-0.3, -0.25) is 4.79 Å². The van der Waals surface area contributed by atoms with E-state index in [9.17, 15) is 4.79 Å². The van der Waals surface area contributed by atoms with Gasteiger partial charge >= 0.3 is 0 Å². The van der Waals surface area contributed by atoms with Gasteiger partial charge in [0.15, 0.2) is 0 Å². The van der Waals surface area contributed by atoms with Crippen molar-refractivity contribution in [2.75, 3.05) is 5.75 Å². The van der Waals surface area contributed by atoms with Crippen LogP contribution in [0.1, 0.15) is 11.1 Å². The molecule has 21 heavy (non-hydrogen) atoms. The van der Waals surface area contributed by atoms with Crippen molar-refractivity contribution < 1.29 is 4.79 Å². The predicted molar refractivity (Wildman–Crippen MR) is 92.4 cm³/mol. The van der Waals surface area contributed by atoms with Crippen molar-refractivity contribution in [3.8, 4) is 0 Å². The summed E-state index contributed by atoms with van der Waals surface area (Å²) < 4.78 is 1.26. The molecule has 0 saturated heterocycles. The summed E-state index contributed by atoms with van der Waals surface area (Å²) in [5.41, 5.74) is 2.39. The van der Waals surface area contributed by atoms with Crippen molar-refractivity contribution in [2.24, 2.45) is 0 Å². The summed E-state index contributed by atoms with van der Waals surface area (Å²) in [5.74, 6) is 0.821. The molecule has 1 heterocycles. The number of carbonyl (C=O) groups is 1. The van der Waals surface area contributed by atoms with Gasteiger partial charge in [-0.2, -0.15) is 0 Å². The highest BCUT2D eigenvalue weighted by Crippen LogP contribution is 2.27. The standard InChI is InChI=1S/C18H16OS2/c1-13-6-2-4-8-17(13)21-12-15(19)10-14-11-20-18-9-5-3-7-16(14)18/h2-9,11H,10,12H2,1H3. The van der Waals surface area contributed by atoms with Crippen LogP contribution in [0.3, 0.4) is 0 Å². The largest absolute Gasteiger partial charge is 0.298 e. The lowest BCUT2D eigenvalue weighted by molar-refractivity contribution is -0.115. The lowest BCUT2D eigenvalue weighted by Gasteiger charge is -2.04. The van der Waals surface area contributed by atoms with Gasteiger partial charge in [-0.25, -0.2) is 0 Å². The molecule has 2 aromatic carbocycles. The highest BCUT2D eigenvalue weighted by molar-refractivity contribution is 8.00. The number of rotatable bonds is 5. The molecule has 0 saturated carbocycles. The molecule has 3 heteroatoms. The van der Waals surface area contributed by atoms with E-state index in [2.05, 4.69) is 36.6 Å². The van der Waals surface area contributed by atoms with Crippen molar-refractivity contribution in [1.29, 1.82) is 0 Å². The second-order valence-electron chi connectivity index (χ2n) is 5.03. The molecule has 0 aliphatic heterocycles. The summed E-state index contributed by atoms with van der Waals surface area (Å²) in [7, 11) is 0. The zero-order chi connectivity index (χ0) is 14.7. The maximum Gasteiger partial charge on any atom is 0.147 e. The fraction of sp³-hybridized carbons (Fsp3) is 0.167. The van der Waals surface area contributed by atoms with Crippen molar-refractivity contribution >= 4 is 39.0 Å². The van der Waals surface area contributed by atoms with E-state index in [1.807, 2.05) is 24.3 Å². The Hall–Kier alpha value is -1.58. The number of fused-ring (bicyclic) bond motifs is 1. The summed E-state index contributed by atoms with van der Waals surface area (Å²) in [5, 5.41) is 3.33. The Bertz CT molecular complexity index is 773. The van der Waals surface area contributed by atoms with Crippen LogP contribution in [-0.2, 0) is 11.2 Å². The summed E-state index contributed by atoms with van der Waals surface area (Å²) in [6, 6.07) is 16.5. The average molecular weight is 312 g/mol. The van der Waals surface area contributed by atoms with Gasteiger partial charge in [-0.15, -0.1) is 23.1 Å². The van der Waals surface area contributed by atoms with E-state index in [1.54, 1.807) is 23.1 Å². The van der Waals surface area contributed by atoms with E-state index in [-0.39, 0.29) is 5.78 Å². The third-order valence-corrected chi connectivity index (χ3v) is 5.68. The Morgan fingerprint density at radius 3 is 2.71 bits per heavy atom. The minimum atomic E-state index is 0.284. The molecule has 0 aliphatic rings. The molecule has 0 radical (unpaired) electrons. The van der Waals surface area contributed by atoms with Gasteiger partial charge in [0.2, 0.25) is 0 Å². The molecule has 3 aromatic rings. The van der Waals surface area contributed by atoms with Crippen molar-refractivity contribution in [3.63, 3.8) is 0 Å². The number of carbonyl (C=O) groups excluding carboxylic acids is 1. The number of hydrogen-bond acceptors (Lipinski definition) is 3. The van der Waals surface area contributed by atoms with Gasteiger partial charge < -0.3 is 0 Å². The van der Waals surface area contributed by atoms with E-state index in [0.717, 1.165) is 5.56 Å². The molecule has 106 valence electrons. The van der Waals surface area contributed by atoms with Crippen LogP contribution in [0.25, 0.3) is 10.1 Å². The highest BCUT2D eigenvalue weighted by atomic mass is 32.2. The van der Waals surface area contributed by atoms with Crippen LogP contribution in [0.4, 0.5) is 0 Å². The lowest BCUT2D eigenvalue weighted by Crippen LogP contribution is -2.05. The van der Waals surface area contributed by atoms with Gasteiger partial charge in [0.25, 0.3) is 0 Å². The first kappa shape index (κ1) is 14.4. The van der Waals surface area contributed by atoms with Gasteiger partial charge in [-0.05, 0) is 40.9 Å². The van der Waals surface area contributed by atoms with E-state index in [4.69, 9.17) is 0 Å². The van der Waals surface area contributed by atoms with Gasteiger partial charge in [-0.1, -0.05) is 36.4 Å². The molecule has 0 bridgehead atoms. The number of Topliss-reactive ketones (excluding diaryl/α,β-unsaturated/α-hetero) is 1. The zero-order valence-electron chi connectivity index (χ0n) is 11.8. The van der Waals surface area contributed by atoms with Crippen molar-refractivity contribution in [3.05, 3.63) is 65.0 Å². The van der Waals surface area contributed by atoms with Crippen LogP contribution in [0.2, 0.25) is 0 Å². The summed E-state index contributed by atoms with van der Waals surface area (Å²) in [6.45, 7) is 2.08. The predicted octanol–water partition coefficient (Wildman–Crippen LogP) is 5.11. The third kappa shape index (κ3) is 3.36. The first-order valence-corrected chi connectivity index (χ1v) is 8.76. The Morgan fingerprint density at radius 2 is 1.86 bits per heavy atom. The number of hydrogen-bond donors (Lipinski definition) is 0. The number of thiophene rings is 1. The zero-order valence-corrected chi connectivity index (χ0v) is 13.5. The molecular formula is C18H16OS2. The Morgan fingerprint density at radius 1 is 1.10 bits per heavy atom. The SMILES string of the molecule is Cc1ccccc1SCC(=O)Cc1csc2ccccc12. The summed E-state index contributed by atoms with van der Waals surface area (Å²) in [4.78, 5) is 13.4. The number of benzene rings is 2. The molecular weight excluding hydrogens is 296 g/mol. The van der Waals surface area contributed by atoms with E-state index in [0.29, 0.717) is 12.2 Å². The molecule has 0 spiro atoms. The molecule has 0 atom stereocenters. The molecule has 3 rings (SSSR count). The van der Waals surface area contributed by atoms with Crippen LogP contribution < -0.4 is 0 Å².